The van der Waals surface area contributed by atoms with E-state index in [9.17, 15) is 5.11 Å². The average molecular weight is 305 g/mol. The van der Waals surface area contributed by atoms with E-state index in [4.69, 9.17) is 9.15 Å². The maximum Gasteiger partial charge on any atom is 0.117 e. The second kappa shape index (κ2) is 6.57. The van der Waals surface area contributed by atoms with Gasteiger partial charge in [0.1, 0.15) is 5.76 Å². The van der Waals surface area contributed by atoms with E-state index in [2.05, 4.69) is 25.2 Å². The number of hydrogen-bond donors (Lipinski definition) is 2. The molecule has 0 amide bonds. The lowest BCUT2D eigenvalue weighted by Crippen LogP contribution is -2.48. The smallest absolute Gasteiger partial charge is 0.117 e. The van der Waals surface area contributed by atoms with Crippen molar-refractivity contribution < 1.29 is 14.3 Å². The number of ether oxygens (including phenoxy) is 1. The number of hydrogen-bond acceptors (Lipinski definition) is 4. The molecule has 4 nitrogen and oxygen atoms in total. The SMILES string of the molecule is CC1(C)[C@@H]2CC=C(COC[C@@H](O)CNCc3ccco3)[C@H]1C2. The van der Waals surface area contributed by atoms with Crippen LogP contribution in [0.15, 0.2) is 34.5 Å². The molecule has 1 heterocycles. The molecule has 4 rings (SSSR count). The third kappa shape index (κ3) is 3.29. The first-order valence-electron chi connectivity index (χ1n) is 8.25. The van der Waals surface area contributed by atoms with Gasteiger partial charge in [0.05, 0.1) is 32.1 Å². The van der Waals surface area contributed by atoms with Crippen LogP contribution in [0.25, 0.3) is 0 Å². The lowest BCUT2D eigenvalue weighted by Gasteiger charge is -2.56. The van der Waals surface area contributed by atoms with Crippen molar-refractivity contribution in [2.75, 3.05) is 19.8 Å². The first kappa shape index (κ1) is 15.8. The lowest BCUT2D eigenvalue weighted by atomic mass is 9.49. The molecule has 1 aromatic rings. The Bertz CT molecular complexity index is 506. The van der Waals surface area contributed by atoms with Crippen molar-refractivity contribution in [1.82, 2.24) is 5.32 Å². The number of aliphatic hydroxyl groups is 1. The standard InChI is InChI=1S/C18H27NO3/c1-18(2)14-6-5-13(17(18)8-14)11-21-12-15(20)9-19-10-16-4-3-7-22-16/h3-5,7,14-15,17,19-20H,6,8-12H2,1-2H3/t14-,15+,17-/m1/s1. The molecular formula is C18H27NO3. The zero-order chi connectivity index (χ0) is 15.6. The summed E-state index contributed by atoms with van der Waals surface area (Å²) in [6.45, 7) is 6.91. The molecule has 2 bridgehead atoms. The fourth-order valence-electron chi connectivity index (χ4n) is 3.79. The number of furan rings is 1. The summed E-state index contributed by atoms with van der Waals surface area (Å²) in [5.74, 6) is 2.42. The van der Waals surface area contributed by atoms with Crippen molar-refractivity contribution in [2.24, 2.45) is 17.3 Å². The van der Waals surface area contributed by atoms with Gasteiger partial charge in [-0.3, -0.25) is 0 Å². The van der Waals surface area contributed by atoms with E-state index in [0.29, 0.717) is 37.6 Å². The maximum absolute atomic E-state index is 9.95. The second-order valence-electron chi connectivity index (χ2n) is 7.20. The summed E-state index contributed by atoms with van der Waals surface area (Å²) < 4.78 is 11.0. The summed E-state index contributed by atoms with van der Waals surface area (Å²) in [4.78, 5) is 0. The van der Waals surface area contributed by atoms with Crippen LogP contribution in [-0.4, -0.2) is 31.0 Å². The van der Waals surface area contributed by atoms with Gasteiger partial charge in [-0.2, -0.15) is 0 Å². The third-order valence-electron chi connectivity index (χ3n) is 5.42. The summed E-state index contributed by atoms with van der Waals surface area (Å²) in [5.41, 5.74) is 1.87. The topological polar surface area (TPSA) is 54.6 Å². The second-order valence-corrected chi connectivity index (χ2v) is 7.20. The molecule has 3 atom stereocenters. The van der Waals surface area contributed by atoms with Crippen LogP contribution in [0.5, 0.6) is 0 Å². The Labute approximate surface area is 132 Å². The Hall–Kier alpha value is -1.10. The number of aliphatic hydroxyl groups excluding tert-OH is 1. The summed E-state index contributed by atoms with van der Waals surface area (Å²) in [6, 6.07) is 3.78. The van der Waals surface area contributed by atoms with Crippen LogP contribution in [0.1, 0.15) is 32.4 Å². The number of nitrogens with one attached hydrogen (secondary N) is 1. The Kier molecular flexibility index (Phi) is 4.71. The van der Waals surface area contributed by atoms with E-state index in [1.54, 1.807) is 6.26 Å². The van der Waals surface area contributed by atoms with E-state index >= 15 is 0 Å². The van der Waals surface area contributed by atoms with Gasteiger partial charge in [0.25, 0.3) is 0 Å². The summed E-state index contributed by atoms with van der Waals surface area (Å²) >= 11 is 0. The fraction of sp³-hybridized carbons (Fsp3) is 0.667. The monoisotopic (exact) mass is 305 g/mol. The van der Waals surface area contributed by atoms with Crippen molar-refractivity contribution in [1.29, 1.82) is 0 Å². The van der Waals surface area contributed by atoms with Gasteiger partial charge in [-0.1, -0.05) is 19.9 Å². The first-order chi connectivity index (χ1) is 10.6. The van der Waals surface area contributed by atoms with E-state index < -0.39 is 6.10 Å². The average Bonchev–Trinajstić information content (AvgIpc) is 3.00. The van der Waals surface area contributed by atoms with Gasteiger partial charge >= 0.3 is 0 Å². The van der Waals surface area contributed by atoms with Gasteiger partial charge in [-0.25, -0.2) is 0 Å². The van der Waals surface area contributed by atoms with Gasteiger partial charge in [0, 0.05) is 6.54 Å². The molecule has 0 unspecified atom stereocenters. The zero-order valence-electron chi connectivity index (χ0n) is 13.5. The highest BCUT2D eigenvalue weighted by Gasteiger charge is 2.50. The minimum absolute atomic E-state index is 0.374. The number of allylic oxidation sites excluding steroid dienone is 1. The highest BCUT2D eigenvalue weighted by Crippen LogP contribution is 2.59. The van der Waals surface area contributed by atoms with E-state index in [0.717, 1.165) is 11.7 Å². The minimum Gasteiger partial charge on any atom is -0.468 e. The number of fused-ring (bicyclic) bond motifs is 1. The molecule has 0 aromatic carbocycles. The third-order valence-corrected chi connectivity index (χ3v) is 5.42. The van der Waals surface area contributed by atoms with Crippen LogP contribution in [-0.2, 0) is 11.3 Å². The molecule has 1 aromatic heterocycles. The van der Waals surface area contributed by atoms with Gasteiger partial charge in [-0.05, 0) is 47.8 Å². The predicted molar refractivity (Wildman–Crippen MR) is 85.3 cm³/mol. The normalized spacial score (nSPS) is 27.1. The largest absolute Gasteiger partial charge is 0.468 e. The van der Waals surface area contributed by atoms with Crippen LogP contribution in [0.4, 0.5) is 0 Å². The molecule has 2 N–H and O–H groups in total. The Morgan fingerprint density at radius 2 is 2.36 bits per heavy atom. The van der Waals surface area contributed by atoms with Crippen LogP contribution < -0.4 is 5.32 Å². The lowest BCUT2D eigenvalue weighted by molar-refractivity contribution is -0.0235. The number of rotatable bonds is 8. The van der Waals surface area contributed by atoms with Crippen molar-refractivity contribution in [3.63, 3.8) is 0 Å². The van der Waals surface area contributed by atoms with Crippen molar-refractivity contribution in [3.05, 3.63) is 35.8 Å². The molecule has 3 aliphatic carbocycles. The van der Waals surface area contributed by atoms with E-state index in [-0.39, 0.29) is 0 Å². The van der Waals surface area contributed by atoms with Gasteiger partial charge in [0.15, 0.2) is 0 Å². The fourth-order valence-corrected chi connectivity index (χ4v) is 3.79. The van der Waals surface area contributed by atoms with Gasteiger partial charge < -0.3 is 19.6 Å². The first-order valence-corrected chi connectivity index (χ1v) is 8.25. The molecule has 0 spiro atoms. The highest BCUT2D eigenvalue weighted by molar-refractivity contribution is 5.23. The summed E-state index contributed by atoms with van der Waals surface area (Å²) in [6.07, 6.45) is 6.03. The van der Waals surface area contributed by atoms with Crippen LogP contribution >= 0.6 is 0 Å². The van der Waals surface area contributed by atoms with Crippen molar-refractivity contribution >= 4 is 0 Å². The van der Waals surface area contributed by atoms with E-state index in [1.807, 2.05) is 12.1 Å². The Morgan fingerprint density at radius 1 is 1.50 bits per heavy atom. The summed E-state index contributed by atoms with van der Waals surface area (Å²) in [7, 11) is 0. The molecule has 3 aliphatic rings. The molecule has 0 aliphatic heterocycles. The molecule has 0 saturated heterocycles. The van der Waals surface area contributed by atoms with Crippen LogP contribution in [0.2, 0.25) is 0 Å². The van der Waals surface area contributed by atoms with Crippen molar-refractivity contribution in [2.45, 2.75) is 39.3 Å². The van der Waals surface area contributed by atoms with Crippen LogP contribution in [0.3, 0.4) is 0 Å². The Morgan fingerprint density at radius 3 is 3.05 bits per heavy atom. The molecule has 1 fully saturated rings. The molecular weight excluding hydrogens is 278 g/mol. The molecule has 0 radical (unpaired) electrons. The van der Waals surface area contributed by atoms with Gasteiger partial charge in [-0.15, -0.1) is 0 Å². The molecule has 4 heteroatoms. The maximum atomic E-state index is 9.95. The van der Waals surface area contributed by atoms with E-state index in [1.165, 1.54) is 18.4 Å². The molecule has 1 saturated carbocycles. The van der Waals surface area contributed by atoms with Gasteiger partial charge in [0.2, 0.25) is 0 Å². The summed E-state index contributed by atoms with van der Waals surface area (Å²) in [5, 5.41) is 13.1. The minimum atomic E-state index is -0.485. The predicted octanol–water partition coefficient (Wildman–Crippen LogP) is 2.74. The molecule has 122 valence electrons. The highest BCUT2D eigenvalue weighted by atomic mass is 16.5. The quantitative estimate of drug-likeness (QED) is 0.725. The Balaban J connectivity index is 1.32. The van der Waals surface area contributed by atoms with Crippen molar-refractivity contribution in [3.8, 4) is 0 Å². The zero-order valence-corrected chi connectivity index (χ0v) is 13.5. The molecule has 22 heavy (non-hydrogen) atoms. The van der Waals surface area contributed by atoms with Crippen LogP contribution in [0, 0.1) is 17.3 Å².